The molecule has 0 spiro atoms. The maximum atomic E-state index is 3.53. The number of hydrogen-bond acceptors (Lipinski definition) is 1. The monoisotopic (exact) mass is 275 g/mol. The summed E-state index contributed by atoms with van der Waals surface area (Å²) < 4.78 is 1.10. The summed E-state index contributed by atoms with van der Waals surface area (Å²) in [5, 5.41) is 3.48. The van der Waals surface area contributed by atoms with Gasteiger partial charge >= 0.3 is 0 Å². The molecular formula is C14H14BrN. The van der Waals surface area contributed by atoms with E-state index in [1.807, 2.05) is 24.3 Å². The fraction of sp³-hybridized carbons (Fsp3) is 0.143. The summed E-state index contributed by atoms with van der Waals surface area (Å²) >= 11 is 3.53. The van der Waals surface area contributed by atoms with Gasteiger partial charge in [0.05, 0.1) is 0 Å². The molecule has 0 aliphatic carbocycles. The first-order chi connectivity index (χ1) is 7.77. The van der Waals surface area contributed by atoms with Gasteiger partial charge in [-0.3, -0.25) is 0 Å². The van der Waals surface area contributed by atoms with Crippen molar-refractivity contribution in [2.45, 2.75) is 13.0 Å². The van der Waals surface area contributed by atoms with Crippen molar-refractivity contribution in [2.75, 3.05) is 5.32 Å². The Labute approximate surface area is 105 Å². The lowest BCUT2D eigenvalue weighted by Gasteiger charge is -2.16. The van der Waals surface area contributed by atoms with Crippen molar-refractivity contribution in [1.29, 1.82) is 0 Å². The normalized spacial score (nSPS) is 12.1. The van der Waals surface area contributed by atoms with Crippen LogP contribution in [-0.2, 0) is 0 Å². The molecule has 1 N–H and O–H groups in total. The first kappa shape index (κ1) is 11.2. The maximum Gasteiger partial charge on any atom is 0.0489 e. The highest BCUT2D eigenvalue weighted by Gasteiger charge is 2.05. The van der Waals surface area contributed by atoms with E-state index in [0.29, 0.717) is 6.04 Å². The Morgan fingerprint density at radius 3 is 2.25 bits per heavy atom. The van der Waals surface area contributed by atoms with Gasteiger partial charge in [-0.25, -0.2) is 0 Å². The summed E-state index contributed by atoms with van der Waals surface area (Å²) in [6, 6.07) is 18.9. The van der Waals surface area contributed by atoms with E-state index in [1.165, 1.54) is 5.56 Å². The molecule has 0 saturated carbocycles. The predicted octanol–water partition coefficient (Wildman–Crippen LogP) is 4.62. The molecule has 0 amide bonds. The van der Waals surface area contributed by atoms with Crippen LogP contribution in [0.2, 0.25) is 0 Å². The van der Waals surface area contributed by atoms with Crippen LogP contribution in [0, 0.1) is 0 Å². The number of halogens is 1. The number of hydrogen-bond donors (Lipinski definition) is 1. The van der Waals surface area contributed by atoms with Gasteiger partial charge in [-0.15, -0.1) is 0 Å². The second-order valence-electron chi connectivity index (χ2n) is 3.76. The SMILES string of the molecule is CC(Nc1ccccc1Br)c1ccccc1. The number of rotatable bonds is 3. The lowest BCUT2D eigenvalue weighted by molar-refractivity contribution is 0.884. The molecule has 2 aromatic carbocycles. The number of anilines is 1. The molecule has 1 unspecified atom stereocenters. The van der Waals surface area contributed by atoms with Crippen molar-refractivity contribution in [3.63, 3.8) is 0 Å². The molecular weight excluding hydrogens is 262 g/mol. The van der Waals surface area contributed by atoms with Crippen LogP contribution in [0.5, 0.6) is 0 Å². The molecule has 0 saturated heterocycles. The van der Waals surface area contributed by atoms with E-state index in [2.05, 4.69) is 58.5 Å². The molecule has 0 radical (unpaired) electrons. The molecule has 0 aromatic heterocycles. The average molecular weight is 276 g/mol. The van der Waals surface area contributed by atoms with E-state index in [1.54, 1.807) is 0 Å². The minimum Gasteiger partial charge on any atom is -0.378 e. The lowest BCUT2D eigenvalue weighted by Crippen LogP contribution is -2.06. The summed E-state index contributed by atoms with van der Waals surface area (Å²) in [7, 11) is 0. The zero-order chi connectivity index (χ0) is 11.4. The van der Waals surface area contributed by atoms with E-state index in [4.69, 9.17) is 0 Å². The molecule has 2 aromatic rings. The van der Waals surface area contributed by atoms with Gasteiger partial charge in [0.15, 0.2) is 0 Å². The van der Waals surface area contributed by atoms with Gasteiger partial charge < -0.3 is 5.32 Å². The Morgan fingerprint density at radius 2 is 1.56 bits per heavy atom. The van der Waals surface area contributed by atoms with Gasteiger partial charge in [0.1, 0.15) is 0 Å². The van der Waals surface area contributed by atoms with Gasteiger partial charge in [-0.1, -0.05) is 42.5 Å². The van der Waals surface area contributed by atoms with Gasteiger partial charge in [-0.2, -0.15) is 0 Å². The first-order valence-electron chi connectivity index (χ1n) is 5.33. The van der Waals surface area contributed by atoms with Gasteiger partial charge in [0.25, 0.3) is 0 Å². The molecule has 2 heteroatoms. The number of para-hydroxylation sites is 1. The second-order valence-corrected chi connectivity index (χ2v) is 4.61. The van der Waals surface area contributed by atoms with Crippen molar-refractivity contribution in [3.05, 3.63) is 64.6 Å². The largest absolute Gasteiger partial charge is 0.378 e. The van der Waals surface area contributed by atoms with Gasteiger partial charge in [-0.05, 0) is 40.5 Å². The van der Waals surface area contributed by atoms with Gasteiger partial charge in [0.2, 0.25) is 0 Å². The minimum atomic E-state index is 0.305. The van der Waals surface area contributed by atoms with Crippen LogP contribution in [0.4, 0.5) is 5.69 Å². The molecule has 0 bridgehead atoms. The quantitative estimate of drug-likeness (QED) is 0.862. The van der Waals surface area contributed by atoms with E-state index < -0.39 is 0 Å². The van der Waals surface area contributed by atoms with E-state index >= 15 is 0 Å². The Bertz CT molecular complexity index is 453. The van der Waals surface area contributed by atoms with Crippen molar-refractivity contribution >= 4 is 21.6 Å². The highest BCUT2D eigenvalue weighted by molar-refractivity contribution is 9.10. The third-order valence-corrected chi connectivity index (χ3v) is 3.24. The van der Waals surface area contributed by atoms with Crippen LogP contribution < -0.4 is 5.32 Å². The number of benzene rings is 2. The van der Waals surface area contributed by atoms with Crippen molar-refractivity contribution < 1.29 is 0 Å². The van der Waals surface area contributed by atoms with Crippen molar-refractivity contribution in [1.82, 2.24) is 0 Å². The zero-order valence-corrected chi connectivity index (χ0v) is 10.7. The first-order valence-corrected chi connectivity index (χ1v) is 6.12. The zero-order valence-electron chi connectivity index (χ0n) is 9.15. The summed E-state index contributed by atoms with van der Waals surface area (Å²) in [4.78, 5) is 0. The molecule has 0 fully saturated rings. The molecule has 0 aliphatic rings. The molecule has 16 heavy (non-hydrogen) atoms. The van der Waals surface area contributed by atoms with E-state index in [0.717, 1.165) is 10.2 Å². The summed E-state index contributed by atoms with van der Waals surface area (Å²) in [5.41, 5.74) is 2.41. The van der Waals surface area contributed by atoms with Crippen molar-refractivity contribution in [3.8, 4) is 0 Å². The molecule has 2 rings (SSSR count). The van der Waals surface area contributed by atoms with Crippen LogP contribution >= 0.6 is 15.9 Å². The predicted molar refractivity (Wildman–Crippen MR) is 72.6 cm³/mol. The highest BCUT2D eigenvalue weighted by atomic mass is 79.9. The van der Waals surface area contributed by atoms with E-state index in [-0.39, 0.29) is 0 Å². The second kappa shape index (κ2) is 5.17. The number of nitrogens with one attached hydrogen (secondary N) is 1. The maximum absolute atomic E-state index is 3.53. The summed E-state index contributed by atoms with van der Waals surface area (Å²) in [5.74, 6) is 0. The summed E-state index contributed by atoms with van der Waals surface area (Å²) in [6.45, 7) is 2.16. The minimum absolute atomic E-state index is 0.305. The Morgan fingerprint density at radius 1 is 0.938 bits per heavy atom. The van der Waals surface area contributed by atoms with Crippen LogP contribution in [-0.4, -0.2) is 0 Å². The van der Waals surface area contributed by atoms with Crippen LogP contribution in [0.25, 0.3) is 0 Å². The smallest absolute Gasteiger partial charge is 0.0489 e. The third-order valence-electron chi connectivity index (χ3n) is 2.55. The van der Waals surface area contributed by atoms with Gasteiger partial charge in [0, 0.05) is 16.2 Å². The Kier molecular flexibility index (Phi) is 3.62. The fourth-order valence-corrected chi connectivity index (χ4v) is 2.04. The van der Waals surface area contributed by atoms with Crippen LogP contribution in [0.1, 0.15) is 18.5 Å². The lowest BCUT2D eigenvalue weighted by atomic mass is 10.1. The van der Waals surface area contributed by atoms with Crippen LogP contribution in [0.3, 0.4) is 0 Å². The van der Waals surface area contributed by atoms with Crippen molar-refractivity contribution in [2.24, 2.45) is 0 Å². The topological polar surface area (TPSA) is 12.0 Å². The van der Waals surface area contributed by atoms with E-state index in [9.17, 15) is 0 Å². The summed E-state index contributed by atoms with van der Waals surface area (Å²) in [6.07, 6.45) is 0. The third kappa shape index (κ3) is 2.64. The molecule has 0 aliphatic heterocycles. The fourth-order valence-electron chi connectivity index (χ4n) is 1.64. The molecule has 1 nitrogen and oxygen atoms in total. The Balaban J connectivity index is 2.14. The van der Waals surface area contributed by atoms with Crippen LogP contribution in [0.15, 0.2) is 59.1 Å². The average Bonchev–Trinajstić information content (AvgIpc) is 2.33. The molecule has 82 valence electrons. The Hall–Kier alpha value is -1.28. The highest BCUT2D eigenvalue weighted by Crippen LogP contribution is 2.25. The molecule has 0 heterocycles. The molecule has 1 atom stereocenters. The standard InChI is InChI=1S/C14H14BrN/c1-11(12-7-3-2-4-8-12)16-14-10-6-5-9-13(14)15/h2-11,16H,1H3.